The molecule has 0 radical (unpaired) electrons. The summed E-state index contributed by atoms with van der Waals surface area (Å²) in [5, 5.41) is 0. The molecule has 28 heavy (non-hydrogen) atoms. The zero-order valence-electron chi connectivity index (χ0n) is 16.2. The first kappa shape index (κ1) is 18.4. The fourth-order valence-electron chi connectivity index (χ4n) is 4.07. The van der Waals surface area contributed by atoms with Crippen molar-refractivity contribution in [2.24, 2.45) is 7.05 Å². The average molecular weight is 375 g/mol. The van der Waals surface area contributed by atoms with Gasteiger partial charge in [0.2, 0.25) is 5.91 Å². The van der Waals surface area contributed by atoms with Gasteiger partial charge in [-0.1, -0.05) is 42.5 Å². The molecule has 1 aromatic heterocycles. The Hall–Kier alpha value is -2.95. The van der Waals surface area contributed by atoms with Crippen LogP contribution in [0, 0.1) is 0 Å². The van der Waals surface area contributed by atoms with Gasteiger partial charge in [-0.15, -0.1) is 0 Å². The van der Waals surface area contributed by atoms with Crippen molar-refractivity contribution >= 4 is 16.9 Å². The Morgan fingerprint density at radius 1 is 1.04 bits per heavy atom. The Bertz CT molecular complexity index is 1030. The highest BCUT2D eigenvalue weighted by Crippen LogP contribution is 2.28. The van der Waals surface area contributed by atoms with Gasteiger partial charge < -0.3 is 9.47 Å². The number of amides is 1. The number of likely N-dealkylation sites (tertiary alicyclic amines) is 1. The summed E-state index contributed by atoms with van der Waals surface area (Å²) in [6, 6.07) is 18.1. The molecule has 0 N–H and O–H groups in total. The lowest BCUT2D eigenvalue weighted by molar-refractivity contribution is -0.132. The van der Waals surface area contributed by atoms with Gasteiger partial charge >= 0.3 is 0 Å². The summed E-state index contributed by atoms with van der Waals surface area (Å²) < 4.78 is 1.62. The molecule has 0 unspecified atom stereocenters. The molecule has 0 aliphatic carbocycles. The number of fused-ring (bicyclic) bond motifs is 1. The number of carbonyl (C=O) groups is 1. The minimum absolute atomic E-state index is 0.114. The first-order valence-electron chi connectivity index (χ1n) is 9.91. The minimum Gasteiger partial charge on any atom is -0.343 e. The first-order valence-corrected chi connectivity index (χ1v) is 9.91. The predicted molar refractivity (Wildman–Crippen MR) is 110 cm³/mol. The number of hydrogen-bond donors (Lipinski definition) is 0. The molecule has 144 valence electrons. The lowest BCUT2D eigenvalue weighted by atomic mass is 9.89. The molecule has 4 rings (SSSR count). The molecular formula is C23H25N3O2. The second kappa shape index (κ2) is 7.97. The fourth-order valence-corrected chi connectivity index (χ4v) is 4.07. The Morgan fingerprint density at radius 2 is 1.71 bits per heavy atom. The van der Waals surface area contributed by atoms with Gasteiger partial charge in [0.25, 0.3) is 5.56 Å². The van der Waals surface area contributed by atoms with Crippen LogP contribution in [0.15, 0.2) is 59.4 Å². The van der Waals surface area contributed by atoms with Crippen molar-refractivity contribution in [3.8, 4) is 0 Å². The lowest BCUT2D eigenvalue weighted by Gasteiger charge is -2.32. The summed E-state index contributed by atoms with van der Waals surface area (Å²) in [6.45, 7) is 1.56. The number of hydrogen-bond acceptors (Lipinski definition) is 3. The number of para-hydroxylation sites is 2. The molecule has 3 aromatic rings. The SMILES string of the molecule is Cn1c(=O)c(CCC(=O)N2CCC(c3ccccc3)CC2)nc2ccccc21. The quantitative estimate of drug-likeness (QED) is 0.703. The number of benzene rings is 2. The first-order chi connectivity index (χ1) is 13.6. The highest BCUT2D eigenvalue weighted by Gasteiger charge is 2.23. The van der Waals surface area contributed by atoms with E-state index in [0.29, 0.717) is 24.5 Å². The second-order valence-electron chi connectivity index (χ2n) is 7.48. The van der Waals surface area contributed by atoms with Crippen LogP contribution in [-0.2, 0) is 18.3 Å². The van der Waals surface area contributed by atoms with E-state index in [1.54, 1.807) is 11.6 Å². The van der Waals surface area contributed by atoms with E-state index in [1.165, 1.54) is 5.56 Å². The zero-order chi connectivity index (χ0) is 19.5. The third-order valence-corrected chi connectivity index (χ3v) is 5.74. The van der Waals surface area contributed by atoms with E-state index >= 15 is 0 Å². The lowest BCUT2D eigenvalue weighted by Crippen LogP contribution is -2.38. The maximum Gasteiger partial charge on any atom is 0.272 e. The van der Waals surface area contributed by atoms with Gasteiger partial charge in [-0.3, -0.25) is 9.59 Å². The third-order valence-electron chi connectivity index (χ3n) is 5.74. The van der Waals surface area contributed by atoms with Gasteiger partial charge in [-0.2, -0.15) is 0 Å². The van der Waals surface area contributed by atoms with Crippen LogP contribution < -0.4 is 5.56 Å². The van der Waals surface area contributed by atoms with E-state index < -0.39 is 0 Å². The Kier molecular flexibility index (Phi) is 5.24. The summed E-state index contributed by atoms with van der Waals surface area (Å²) in [4.78, 5) is 31.6. The van der Waals surface area contributed by atoms with Crippen LogP contribution in [0.3, 0.4) is 0 Å². The standard InChI is InChI=1S/C23H25N3O2/c1-25-21-10-6-5-9-19(21)24-20(23(25)28)11-12-22(27)26-15-13-18(14-16-26)17-7-3-2-4-8-17/h2-10,18H,11-16H2,1H3. The van der Waals surface area contributed by atoms with Crippen LogP contribution >= 0.6 is 0 Å². The average Bonchev–Trinajstić information content (AvgIpc) is 2.76. The Balaban J connectivity index is 1.38. The monoisotopic (exact) mass is 375 g/mol. The van der Waals surface area contributed by atoms with Gasteiger partial charge in [-0.05, 0) is 36.5 Å². The summed E-state index contributed by atoms with van der Waals surface area (Å²) >= 11 is 0. The van der Waals surface area contributed by atoms with Crippen LogP contribution in [0.2, 0.25) is 0 Å². The molecule has 5 nitrogen and oxygen atoms in total. The molecule has 2 heterocycles. The van der Waals surface area contributed by atoms with Gasteiger partial charge in [0.05, 0.1) is 11.0 Å². The third kappa shape index (κ3) is 3.70. The second-order valence-corrected chi connectivity index (χ2v) is 7.48. The van der Waals surface area contributed by atoms with Crippen molar-refractivity contribution in [2.45, 2.75) is 31.6 Å². The molecule has 1 aliphatic heterocycles. The normalized spacial score (nSPS) is 15.1. The zero-order valence-corrected chi connectivity index (χ0v) is 16.2. The smallest absolute Gasteiger partial charge is 0.272 e. The summed E-state index contributed by atoms with van der Waals surface area (Å²) in [5.74, 6) is 0.642. The summed E-state index contributed by atoms with van der Waals surface area (Å²) in [7, 11) is 1.76. The van der Waals surface area contributed by atoms with E-state index in [4.69, 9.17) is 0 Å². The van der Waals surface area contributed by atoms with E-state index in [9.17, 15) is 9.59 Å². The molecule has 1 amide bonds. The maximum absolute atomic E-state index is 12.7. The molecule has 1 fully saturated rings. The van der Waals surface area contributed by atoms with Crippen molar-refractivity contribution in [3.05, 3.63) is 76.2 Å². The van der Waals surface area contributed by atoms with Crippen LogP contribution in [0.1, 0.15) is 36.4 Å². The molecule has 0 bridgehead atoms. The van der Waals surface area contributed by atoms with Gasteiger partial charge in [0.15, 0.2) is 0 Å². The summed E-state index contributed by atoms with van der Waals surface area (Å²) in [6.07, 6.45) is 2.70. The fraction of sp³-hybridized carbons (Fsp3) is 0.348. The largest absolute Gasteiger partial charge is 0.343 e. The van der Waals surface area contributed by atoms with Crippen molar-refractivity contribution in [2.75, 3.05) is 13.1 Å². The van der Waals surface area contributed by atoms with Crippen molar-refractivity contribution in [1.29, 1.82) is 0 Å². The number of rotatable bonds is 4. The summed E-state index contributed by atoms with van der Waals surface area (Å²) in [5.41, 5.74) is 3.31. The molecule has 5 heteroatoms. The van der Waals surface area contributed by atoms with Crippen LogP contribution in [0.25, 0.3) is 11.0 Å². The van der Waals surface area contributed by atoms with Crippen LogP contribution in [0.5, 0.6) is 0 Å². The van der Waals surface area contributed by atoms with E-state index in [-0.39, 0.29) is 11.5 Å². The highest BCUT2D eigenvalue weighted by molar-refractivity contribution is 5.77. The molecule has 0 spiro atoms. The van der Waals surface area contributed by atoms with Crippen molar-refractivity contribution < 1.29 is 4.79 Å². The molecule has 2 aromatic carbocycles. The van der Waals surface area contributed by atoms with Crippen LogP contribution in [0.4, 0.5) is 0 Å². The van der Waals surface area contributed by atoms with Crippen LogP contribution in [-0.4, -0.2) is 33.4 Å². The Morgan fingerprint density at radius 3 is 2.46 bits per heavy atom. The highest BCUT2D eigenvalue weighted by atomic mass is 16.2. The topological polar surface area (TPSA) is 55.2 Å². The molecule has 0 atom stereocenters. The molecule has 1 aliphatic rings. The van der Waals surface area contributed by atoms with Crippen molar-refractivity contribution in [1.82, 2.24) is 14.5 Å². The number of nitrogens with zero attached hydrogens (tertiary/aromatic N) is 3. The number of aryl methyl sites for hydroxylation is 2. The number of carbonyl (C=O) groups excluding carboxylic acids is 1. The van der Waals surface area contributed by atoms with Gasteiger partial charge in [0.1, 0.15) is 5.69 Å². The molecule has 0 saturated carbocycles. The van der Waals surface area contributed by atoms with Gasteiger partial charge in [0, 0.05) is 33.0 Å². The van der Waals surface area contributed by atoms with Crippen molar-refractivity contribution in [3.63, 3.8) is 0 Å². The molecule has 1 saturated heterocycles. The maximum atomic E-state index is 12.7. The number of aromatic nitrogens is 2. The van der Waals surface area contributed by atoms with E-state index in [1.807, 2.05) is 35.2 Å². The Labute approximate surface area is 164 Å². The molecular weight excluding hydrogens is 350 g/mol. The minimum atomic E-state index is -0.116. The van der Waals surface area contributed by atoms with E-state index in [0.717, 1.165) is 37.0 Å². The number of piperidine rings is 1. The van der Waals surface area contributed by atoms with Gasteiger partial charge in [-0.25, -0.2) is 4.98 Å². The van der Waals surface area contributed by atoms with E-state index in [2.05, 4.69) is 29.2 Å². The predicted octanol–water partition coefficient (Wildman–Crippen LogP) is 3.27.